The quantitative estimate of drug-likeness (QED) is 0.660. The molecule has 0 aliphatic carbocycles. The lowest BCUT2D eigenvalue weighted by molar-refractivity contribution is 0.383. The topological polar surface area (TPSA) is 84.2 Å². The molecule has 0 bridgehead atoms. The first kappa shape index (κ1) is 17.6. The molecule has 4 rings (SSSR count). The van der Waals surface area contributed by atoms with Gasteiger partial charge in [-0.25, -0.2) is 13.1 Å². The van der Waals surface area contributed by atoms with E-state index < -0.39 is 10.0 Å². The average molecular weight is 384 g/mol. The summed E-state index contributed by atoms with van der Waals surface area (Å²) in [7, 11) is -3.32. The smallest absolute Gasteiger partial charge is 0.218 e. The minimum absolute atomic E-state index is 0.0339. The Hall–Kier alpha value is -2.78. The first-order valence-electron chi connectivity index (χ1n) is 8.72. The van der Waals surface area contributed by atoms with Crippen molar-refractivity contribution in [2.24, 2.45) is 0 Å². The average Bonchev–Trinajstić information content (AvgIpc) is 3.24. The summed E-state index contributed by atoms with van der Waals surface area (Å²) in [5, 5.41) is 12.6. The molecule has 0 N–H and O–H groups in total. The highest BCUT2D eigenvalue weighted by Gasteiger charge is 2.27. The van der Waals surface area contributed by atoms with Crippen LogP contribution in [0.2, 0.25) is 0 Å². The standard InChI is InChI=1S/C18H20N6O2S/c25-27(26,15-16-5-2-1-3-6-16)23-13-11-22(12-14-23)17-7-8-18(21-20-17)24-10-4-9-19-24/h1-10H,11-15H2. The van der Waals surface area contributed by atoms with Gasteiger partial charge in [0.05, 0.1) is 5.75 Å². The number of piperazine rings is 1. The Morgan fingerprint density at radius 2 is 1.56 bits per heavy atom. The molecule has 3 aromatic rings. The van der Waals surface area contributed by atoms with Gasteiger partial charge in [-0.05, 0) is 23.8 Å². The third-order valence-corrected chi connectivity index (χ3v) is 6.37. The van der Waals surface area contributed by atoms with Crippen molar-refractivity contribution >= 4 is 15.8 Å². The van der Waals surface area contributed by atoms with Crippen molar-refractivity contribution in [2.45, 2.75) is 5.75 Å². The normalized spacial score (nSPS) is 15.8. The first-order valence-corrected chi connectivity index (χ1v) is 10.3. The first-order chi connectivity index (χ1) is 13.1. The molecule has 0 saturated carbocycles. The monoisotopic (exact) mass is 384 g/mol. The third kappa shape index (κ3) is 3.99. The number of hydrogen-bond acceptors (Lipinski definition) is 6. The van der Waals surface area contributed by atoms with Gasteiger partial charge in [0.15, 0.2) is 11.6 Å². The summed E-state index contributed by atoms with van der Waals surface area (Å²) in [5.41, 5.74) is 0.806. The zero-order valence-corrected chi connectivity index (χ0v) is 15.5. The molecule has 1 fully saturated rings. The molecule has 1 saturated heterocycles. The molecule has 8 nitrogen and oxygen atoms in total. The van der Waals surface area contributed by atoms with Crippen LogP contribution in [0.3, 0.4) is 0 Å². The number of aromatic nitrogens is 4. The van der Waals surface area contributed by atoms with Crippen LogP contribution >= 0.6 is 0 Å². The second-order valence-corrected chi connectivity index (χ2v) is 8.30. The van der Waals surface area contributed by atoms with E-state index in [0.29, 0.717) is 32.0 Å². The molecule has 140 valence electrons. The van der Waals surface area contributed by atoms with Crippen molar-refractivity contribution in [3.63, 3.8) is 0 Å². The van der Waals surface area contributed by atoms with E-state index in [1.165, 1.54) is 0 Å². The molecule has 0 unspecified atom stereocenters. The van der Waals surface area contributed by atoms with E-state index in [9.17, 15) is 8.42 Å². The van der Waals surface area contributed by atoms with Gasteiger partial charge in [0.2, 0.25) is 10.0 Å². The van der Waals surface area contributed by atoms with E-state index >= 15 is 0 Å². The molecule has 0 radical (unpaired) electrons. The minimum atomic E-state index is -3.32. The van der Waals surface area contributed by atoms with Crippen molar-refractivity contribution in [3.8, 4) is 5.82 Å². The van der Waals surface area contributed by atoms with Gasteiger partial charge in [-0.2, -0.15) is 9.40 Å². The minimum Gasteiger partial charge on any atom is -0.352 e. The summed E-state index contributed by atoms with van der Waals surface area (Å²) in [5.74, 6) is 1.42. The van der Waals surface area contributed by atoms with E-state index in [2.05, 4.69) is 20.2 Å². The fourth-order valence-electron chi connectivity index (χ4n) is 3.08. The predicted molar refractivity (Wildman–Crippen MR) is 102 cm³/mol. The molecule has 9 heteroatoms. The van der Waals surface area contributed by atoms with Crippen molar-refractivity contribution in [1.82, 2.24) is 24.3 Å². The number of rotatable bonds is 5. The summed E-state index contributed by atoms with van der Waals surface area (Å²) < 4.78 is 28.5. The lowest BCUT2D eigenvalue weighted by Gasteiger charge is -2.34. The van der Waals surface area contributed by atoms with Gasteiger partial charge in [0.1, 0.15) is 0 Å². The van der Waals surface area contributed by atoms with Crippen molar-refractivity contribution in [2.75, 3.05) is 31.1 Å². The van der Waals surface area contributed by atoms with Crippen LogP contribution in [0.4, 0.5) is 5.82 Å². The second kappa shape index (κ2) is 7.45. The highest BCUT2D eigenvalue weighted by Crippen LogP contribution is 2.17. The zero-order valence-electron chi connectivity index (χ0n) is 14.7. The third-order valence-electron chi connectivity index (χ3n) is 4.52. The van der Waals surface area contributed by atoms with Crippen molar-refractivity contribution < 1.29 is 8.42 Å². The Balaban J connectivity index is 1.38. The summed E-state index contributed by atoms with van der Waals surface area (Å²) in [6, 6.07) is 14.8. The molecule has 0 atom stereocenters. The lowest BCUT2D eigenvalue weighted by atomic mass is 10.2. The molecule has 2 aromatic heterocycles. The Morgan fingerprint density at radius 1 is 0.852 bits per heavy atom. The maximum atomic E-state index is 12.6. The molecule has 1 aliphatic heterocycles. The molecular formula is C18H20N6O2S. The lowest BCUT2D eigenvalue weighted by Crippen LogP contribution is -2.49. The van der Waals surface area contributed by atoms with Gasteiger partial charge >= 0.3 is 0 Å². The van der Waals surface area contributed by atoms with Crippen LogP contribution in [0.5, 0.6) is 0 Å². The van der Waals surface area contributed by atoms with Crippen LogP contribution in [0.25, 0.3) is 5.82 Å². The van der Waals surface area contributed by atoms with Gasteiger partial charge in [-0.1, -0.05) is 30.3 Å². The fraction of sp³-hybridized carbons (Fsp3) is 0.278. The van der Waals surface area contributed by atoms with Gasteiger partial charge < -0.3 is 4.90 Å². The van der Waals surface area contributed by atoms with E-state index in [1.807, 2.05) is 48.5 Å². The highest BCUT2D eigenvalue weighted by atomic mass is 32.2. The molecular weight excluding hydrogens is 364 g/mol. The number of anilines is 1. The highest BCUT2D eigenvalue weighted by molar-refractivity contribution is 7.88. The Labute approximate surface area is 158 Å². The maximum absolute atomic E-state index is 12.6. The number of benzene rings is 1. The van der Waals surface area contributed by atoms with Gasteiger partial charge in [-0.15, -0.1) is 10.2 Å². The molecule has 0 amide bonds. The molecule has 0 spiro atoms. The van der Waals surface area contributed by atoms with Crippen LogP contribution in [-0.2, 0) is 15.8 Å². The van der Waals surface area contributed by atoms with Gasteiger partial charge in [0.25, 0.3) is 0 Å². The number of hydrogen-bond donors (Lipinski definition) is 0. The zero-order chi connectivity index (χ0) is 18.7. The largest absolute Gasteiger partial charge is 0.352 e. The molecule has 27 heavy (non-hydrogen) atoms. The molecule has 1 aliphatic rings. The Bertz CT molecular complexity index is 966. The summed E-state index contributed by atoms with van der Waals surface area (Å²) >= 11 is 0. The summed E-state index contributed by atoms with van der Waals surface area (Å²) in [6.45, 7) is 2.06. The molecule has 1 aromatic carbocycles. The van der Waals surface area contributed by atoms with Crippen LogP contribution in [0.1, 0.15) is 5.56 Å². The van der Waals surface area contributed by atoms with Gasteiger partial charge in [0, 0.05) is 38.6 Å². The predicted octanol–water partition coefficient (Wildman–Crippen LogP) is 1.31. The molecule has 3 heterocycles. The Kier molecular flexibility index (Phi) is 4.87. The van der Waals surface area contributed by atoms with Gasteiger partial charge in [-0.3, -0.25) is 0 Å². The number of sulfonamides is 1. The number of nitrogens with zero attached hydrogens (tertiary/aromatic N) is 6. The second-order valence-electron chi connectivity index (χ2n) is 6.33. The Morgan fingerprint density at radius 3 is 2.19 bits per heavy atom. The van der Waals surface area contributed by atoms with Crippen LogP contribution < -0.4 is 4.90 Å². The van der Waals surface area contributed by atoms with Crippen molar-refractivity contribution in [1.29, 1.82) is 0 Å². The van der Waals surface area contributed by atoms with Crippen LogP contribution in [0.15, 0.2) is 60.9 Å². The summed E-state index contributed by atoms with van der Waals surface area (Å²) in [6.07, 6.45) is 3.49. The van der Waals surface area contributed by atoms with E-state index in [4.69, 9.17) is 0 Å². The summed E-state index contributed by atoms with van der Waals surface area (Å²) in [4.78, 5) is 2.05. The van der Waals surface area contributed by atoms with E-state index in [0.717, 1.165) is 11.4 Å². The van der Waals surface area contributed by atoms with E-state index in [-0.39, 0.29) is 5.75 Å². The van der Waals surface area contributed by atoms with Crippen molar-refractivity contribution in [3.05, 3.63) is 66.5 Å². The fourth-order valence-corrected chi connectivity index (χ4v) is 4.60. The van der Waals surface area contributed by atoms with Crippen LogP contribution in [-0.4, -0.2) is 58.9 Å². The van der Waals surface area contributed by atoms with E-state index in [1.54, 1.807) is 21.4 Å². The van der Waals surface area contributed by atoms with Crippen LogP contribution in [0, 0.1) is 0 Å². The SMILES string of the molecule is O=S(=O)(Cc1ccccc1)N1CCN(c2ccc(-n3cccn3)nn2)CC1. The maximum Gasteiger partial charge on any atom is 0.218 e.